The lowest BCUT2D eigenvalue weighted by molar-refractivity contribution is -0.157. The predicted molar refractivity (Wildman–Crippen MR) is 102 cm³/mol. The Kier molecular flexibility index (Phi) is 6.89. The van der Waals surface area contributed by atoms with Gasteiger partial charge >= 0.3 is 5.97 Å². The summed E-state index contributed by atoms with van der Waals surface area (Å²) >= 11 is 0. The number of aliphatic hydroxyl groups is 1. The number of carbonyl (C=O) groups excluding carboxylic acids is 2. The van der Waals surface area contributed by atoms with Crippen LogP contribution in [0.2, 0.25) is 0 Å². The van der Waals surface area contributed by atoms with Crippen LogP contribution in [0.15, 0.2) is 24.3 Å². The number of Topliss-reactive ketones (excluding diaryl/α,β-unsaturated/α-hetero) is 1. The molecule has 2 atom stereocenters. The van der Waals surface area contributed by atoms with Crippen LogP contribution in [-0.2, 0) is 14.3 Å². The fraction of sp³-hybridized carbons (Fsp3) is 0.636. The van der Waals surface area contributed by atoms with Crippen molar-refractivity contribution in [2.75, 3.05) is 6.61 Å². The molecule has 27 heavy (non-hydrogen) atoms. The number of ether oxygens (including phenoxy) is 2. The van der Waals surface area contributed by atoms with Crippen molar-refractivity contribution in [3.8, 4) is 5.75 Å². The molecule has 0 radical (unpaired) electrons. The van der Waals surface area contributed by atoms with E-state index in [4.69, 9.17) is 9.47 Å². The van der Waals surface area contributed by atoms with Crippen molar-refractivity contribution >= 4 is 11.8 Å². The van der Waals surface area contributed by atoms with Crippen molar-refractivity contribution in [2.45, 2.75) is 76.4 Å². The molecular formula is C22H30O5. The van der Waals surface area contributed by atoms with Gasteiger partial charge in [0.25, 0.3) is 0 Å². The van der Waals surface area contributed by atoms with Gasteiger partial charge in [-0.2, -0.15) is 0 Å². The van der Waals surface area contributed by atoms with Crippen LogP contribution in [0.4, 0.5) is 0 Å². The first kappa shape index (κ1) is 19.9. The highest BCUT2D eigenvalue weighted by Crippen LogP contribution is 2.35. The molecule has 3 rings (SSSR count). The maximum Gasteiger partial charge on any atom is 0.336 e. The normalized spacial score (nSPS) is 20.4. The van der Waals surface area contributed by atoms with Crippen LogP contribution in [0.25, 0.3) is 0 Å². The van der Waals surface area contributed by atoms with E-state index in [9.17, 15) is 14.7 Å². The van der Waals surface area contributed by atoms with Crippen LogP contribution in [0.3, 0.4) is 0 Å². The van der Waals surface area contributed by atoms with Gasteiger partial charge < -0.3 is 14.6 Å². The van der Waals surface area contributed by atoms with Crippen molar-refractivity contribution in [3.05, 3.63) is 29.8 Å². The average Bonchev–Trinajstić information content (AvgIpc) is 2.63. The van der Waals surface area contributed by atoms with Crippen LogP contribution in [-0.4, -0.2) is 35.7 Å². The summed E-state index contributed by atoms with van der Waals surface area (Å²) in [5.74, 6) is -0.984. The monoisotopic (exact) mass is 374 g/mol. The molecular weight excluding hydrogens is 344 g/mol. The van der Waals surface area contributed by atoms with E-state index in [2.05, 4.69) is 0 Å². The minimum Gasteiger partial charge on any atom is -0.490 e. The Morgan fingerprint density at radius 1 is 1.04 bits per heavy atom. The molecule has 2 aliphatic rings. The number of rotatable bonds is 8. The molecule has 2 saturated carbocycles. The van der Waals surface area contributed by atoms with Gasteiger partial charge in [-0.1, -0.05) is 25.0 Å². The summed E-state index contributed by atoms with van der Waals surface area (Å²) in [4.78, 5) is 25.0. The van der Waals surface area contributed by atoms with E-state index in [1.54, 1.807) is 19.1 Å². The van der Waals surface area contributed by atoms with Gasteiger partial charge in [0, 0.05) is 5.92 Å². The van der Waals surface area contributed by atoms with E-state index in [0.29, 0.717) is 5.56 Å². The van der Waals surface area contributed by atoms with Gasteiger partial charge in [-0.3, -0.25) is 4.79 Å². The summed E-state index contributed by atoms with van der Waals surface area (Å²) < 4.78 is 11.0. The summed E-state index contributed by atoms with van der Waals surface area (Å²) in [6, 6.07) is 7.26. The van der Waals surface area contributed by atoms with Crippen LogP contribution in [0.1, 0.15) is 69.8 Å². The molecule has 0 aliphatic heterocycles. The zero-order chi connectivity index (χ0) is 19.2. The van der Waals surface area contributed by atoms with Gasteiger partial charge in [0.2, 0.25) is 0 Å². The Balaban J connectivity index is 1.74. The van der Waals surface area contributed by atoms with Gasteiger partial charge in [-0.25, -0.2) is 4.79 Å². The van der Waals surface area contributed by atoms with Crippen molar-refractivity contribution in [1.82, 2.24) is 0 Å². The van der Waals surface area contributed by atoms with Crippen LogP contribution in [0.5, 0.6) is 5.75 Å². The summed E-state index contributed by atoms with van der Waals surface area (Å²) in [5.41, 5.74) is 0.642. The SMILES string of the molecule is CCOC(=O)C(O)C(C(=O)C1CCC1)c1ccc(OC2CCCCC2)cc1. The lowest BCUT2D eigenvalue weighted by Gasteiger charge is -2.30. The van der Waals surface area contributed by atoms with Crippen molar-refractivity contribution < 1.29 is 24.2 Å². The van der Waals surface area contributed by atoms with Crippen molar-refractivity contribution in [2.24, 2.45) is 5.92 Å². The zero-order valence-electron chi connectivity index (χ0n) is 16.1. The second-order valence-electron chi connectivity index (χ2n) is 7.65. The van der Waals surface area contributed by atoms with Crippen molar-refractivity contribution in [1.29, 1.82) is 0 Å². The zero-order valence-corrected chi connectivity index (χ0v) is 16.1. The smallest absolute Gasteiger partial charge is 0.336 e. The molecule has 0 aromatic heterocycles. The molecule has 0 amide bonds. The summed E-state index contributed by atoms with van der Waals surface area (Å²) in [6.07, 6.45) is 7.28. The average molecular weight is 374 g/mol. The third-order valence-electron chi connectivity index (χ3n) is 5.75. The highest BCUT2D eigenvalue weighted by molar-refractivity contribution is 5.94. The van der Waals surface area contributed by atoms with Gasteiger partial charge in [-0.05, 0) is 63.1 Å². The molecule has 0 spiro atoms. The minimum absolute atomic E-state index is 0.0669. The van der Waals surface area contributed by atoms with Gasteiger partial charge in [0.1, 0.15) is 11.5 Å². The topological polar surface area (TPSA) is 72.8 Å². The molecule has 0 bridgehead atoms. The summed E-state index contributed by atoms with van der Waals surface area (Å²) in [7, 11) is 0. The fourth-order valence-corrected chi connectivity index (χ4v) is 3.94. The van der Waals surface area contributed by atoms with Gasteiger partial charge in [0.05, 0.1) is 18.6 Å². The molecule has 1 aromatic carbocycles. The quantitative estimate of drug-likeness (QED) is 0.701. The number of ketones is 1. The molecule has 148 valence electrons. The van der Waals surface area contributed by atoms with E-state index in [1.165, 1.54) is 19.3 Å². The number of hydrogen-bond donors (Lipinski definition) is 1. The highest BCUT2D eigenvalue weighted by Gasteiger charge is 2.39. The van der Waals surface area contributed by atoms with Crippen molar-refractivity contribution in [3.63, 3.8) is 0 Å². The molecule has 2 unspecified atom stereocenters. The Labute approximate surface area is 161 Å². The summed E-state index contributed by atoms with van der Waals surface area (Å²) in [6.45, 7) is 1.86. The van der Waals surface area contributed by atoms with E-state index in [-0.39, 0.29) is 24.4 Å². The minimum atomic E-state index is -1.47. The number of benzene rings is 1. The molecule has 1 N–H and O–H groups in total. The molecule has 0 saturated heterocycles. The maximum atomic E-state index is 12.9. The third-order valence-corrected chi connectivity index (χ3v) is 5.75. The molecule has 0 heterocycles. The first-order chi connectivity index (χ1) is 13.1. The standard InChI is InChI=1S/C22H30O5/c1-2-26-22(25)21(24)19(20(23)16-7-6-8-16)15-11-13-18(14-12-15)27-17-9-4-3-5-10-17/h11-14,16-17,19,21,24H,2-10H2,1H3. The highest BCUT2D eigenvalue weighted by atomic mass is 16.5. The maximum absolute atomic E-state index is 12.9. The fourth-order valence-electron chi connectivity index (χ4n) is 3.94. The second-order valence-corrected chi connectivity index (χ2v) is 7.65. The molecule has 5 nitrogen and oxygen atoms in total. The Hall–Kier alpha value is -1.88. The first-order valence-corrected chi connectivity index (χ1v) is 10.2. The molecule has 2 aliphatic carbocycles. The molecule has 2 fully saturated rings. The predicted octanol–water partition coefficient (Wildman–Crippen LogP) is 3.77. The third kappa shape index (κ3) is 4.89. The Morgan fingerprint density at radius 3 is 2.26 bits per heavy atom. The first-order valence-electron chi connectivity index (χ1n) is 10.2. The Morgan fingerprint density at radius 2 is 1.70 bits per heavy atom. The van der Waals surface area contributed by atoms with Gasteiger partial charge in [0.15, 0.2) is 6.10 Å². The second kappa shape index (κ2) is 9.36. The van der Waals surface area contributed by atoms with Crippen LogP contribution >= 0.6 is 0 Å². The van der Waals surface area contributed by atoms with E-state index < -0.39 is 18.0 Å². The number of hydrogen-bond acceptors (Lipinski definition) is 5. The lowest BCUT2D eigenvalue weighted by Crippen LogP contribution is -2.39. The van der Waals surface area contributed by atoms with E-state index in [1.807, 2.05) is 12.1 Å². The lowest BCUT2D eigenvalue weighted by atomic mass is 9.74. The molecule has 5 heteroatoms. The Bertz CT molecular complexity index is 629. The largest absolute Gasteiger partial charge is 0.490 e. The van der Waals surface area contributed by atoms with E-state index in [0.717, 1.165) is 37.9 Å². The number of esters is 1. The molecule has 1 aromatic rings. The van der Waals surface area contributed by atoms with Crippen LogP contribution in [0, 0.1) is 5.92 Å². The number of carbonyl (C=O) groups is 2. The van der Waals surface area contributed by atoms with Gasteiger partial charge in [-0.15, -0.1) is 0 Å². The van der Waals surface area contributed by atoms with Crippen LogP contribution < -0.4 is 4.74 Å². The number of aliphatic hydroxyl groups excluding tert-OH is 1. The van der Waals surface area contributed by atoms with E-state index >= 15 is 0 Å². The summed E-state index contributed by atoms with van der Waals surface area (Å²) in [5, 5.41) is 10.5.